The molecule has 0 aromatic carbocycles. The van der Waals surface area contributed by atoms with Crippen LogP contribution in [-0.4, -0.2) is 17.9 Å². The van der Waals surface area contributed by atoms with Crippen molar-refractivity contribution in [3.63, 3.8) is 0 Å². The van der Waals surface area contributed by atoms with Gasteiger partial charge >= 0.3 is 0 Å². The van der Waals surface area contributed by atoms with Crippen LogP contribution in [0.25, 0.3) is 0 Å². The minimum atomic E-state index is -0.902. The van der Waals surface area contributed by atoms with Gasteiger partial charge in [-0.05, 0) is 38.5 Å². The van der Waals surface area contributed by atoms with Crippen LogP contribution in [0.5, 0.6) is 0 Å². The molecule has 7 heteroatoms. The number of rotatable bonds is 54. The summed E-state index contributed by atoms with van der Waals surface area (Å²) in [5, 5.41) is 30.7. The molecule has 0 aliphatic heterocycles. The van der Waals surface area contributed by atoms with Crippen LogP contribution in [0.1, 0.15) is 367 Å². The molecule has 404 valence electrons. The average Bonchev–Trinajstić information content (AvgIpc) is 3.29. The molecule has 0 amide bonds. The van der Waals surface area contributed by atoms with E-state index in [1.54, 1.807) is 0 Å². The Kier molecular flexibility index (Phi) is 74.8. The topological polar surface area (TPSA) is 120 Å². The normalized spacial score (nSPS) is 10.8. The molecule has 67 heavy (non-hydrogen) atoms. The van der Waals surface area contributed by atoms with Crippen molar-refractivity contribution < 1.29 is 46.8 Å². The molecule has 0 saturated carbocycles. The molecule has 0 N–H and O–H groups in total. The SMILES string of the molecule is CCCCCCCCCCCCCCCCCCCC(=O)[O-].CCCCCCCCCCCCCCCCCCCC(=O)[O-].CCCCCCCCCCCCCCCCCCCC(=O)[O-].[Fe]. The number of unbranched alkanes of at least 4 members (excludes halogenated alkanes) is 48. The second kappa shape index (κ2) is 69.2. The molecule has 0 aromatic rings. The molecule has 0 atom stereocenters. The van der Waals surface area contributed by atoms with Crippen molar-refractivity contribution >= 4 is 17.9 Å². The zero-order valence-electron chi connectivity index (χ0n) is 45.5. The first-order valence-corrected chi connectivity index (χ1v) is 29.9. The smallest absolute Gasteiger partial charge is 0.0414 e. The molecule has 0 aromatic heterocycles. The van der Waals surface area contributed by atoms with Crippen LogP contribution in [-0.2, 0) is 31.5 Å². The van der Waals surface area contributed by atoms with E-state index in [1.165, 1.54) is 289 Å². The van der Waals surface area contributed by atoms with Gasteiger partial charge in [0.15, 0.2) is 0 Å². The second-order valence-corrected chi connectivity index (χ2v) is 20.3. The minimum absolute atomic E-state index is 0. The largest absolute Gasteiger partial charge is 0.550 e. The molecule has 6 nitrogen and oxygen atoms in total. The number of hydrogen-bond acceptors (Lipinski definition) is 6. The summed E-state index contributed by atoms with van der Waals surface area (Å²) in [6.45, 7) is 6.82. The van der Waals surface area contributed by atoms with Gasteiger partial charge < -0.3 is 29.7 Å². The number of hydrogen-bond donors (Lipinski definition) is 0. The van der Waals surface area contributed by atoms with Gasteiger partial charge in [0.05, 0.1) is 0 Å². The van der Waals surface area contributed by atoms with Gasteiger partial charge in [0.2, 0.25) is 0 Å². The maximum Gasteiger partial charge on any atom is 0.0414 e. The number of aliphatic carboxylic acids is 3. The van der Waals surface area contributed by atoms with Crippen molar-refractivity contribution in [3.8, 4) is 0 Å². The van der Waals surface area contributed by atoms with E-state index in [0.29, 0.717) is 0 Å². The van der Waals surface area contributed by atoms with Crippen molar-refractivity contribution in [2.75, 3.05) is 0 Å². The third-order valence-corrected chi connectivity index (χ3v) is 13.5. The van der Waals surface area contributed by atoms with E-state index in [-0.39, 0.29) is 36.3 Å². The third kappa shape index (κ3) is 82.2. The van der Waals surface area contributed by atoms with Gasteiger partial charge in [-0.2, -0.15) is 0 Å². The number of carboxylic acids is 3. The minimum Gasteiger partial charge on any atom is -0.550 e. The number of carbonyl (C=O) groups excluding carboxylic acids is 3. The molecule has 0 spiro atoms. The molecular weight excluding hydrogens is 872 g/mol. The van der Waals surface area contributed by atoms with Crippen molar-refractivity contribution in [2.24, 2.45) is 0 Å². The quantitative estimate of drug-likeness (QED) is 0.0442. The van der Waals surface area contributed by atoms with Crippen LogP contribution in [0.3, 0.4) is 0 Å². The Morgan fingerprint density at radius 2 is 0.284 bits per heavy atom. The Morgan fingerprint density at radius 1 is 0.194 bits per heavy atom. The van der Waals surface area contributed by atoms with Crippen LogP contribution in [0.4, 0.5) is 0 Å². The summed E-state index contributed by atoms with van der Waals surface area (Å²) < 4.78 is 0. The van der Waals surface area contributed by atoms with Crippen LogP contribution in [0, 0.1) is 0 Å². The zero-order valence-corrected chi connectivity index (χ0v) is 46.6. The first-order valence-electron chi connectivity index (χ1n) is 29.9. The van der Waals surface area contributed by atoms with Gasteiger partial charge in [0.25, 0.3) is 0 Å². The van der Waals surface area contributed by atoms with Crippen molar-refractivity contribution in [3.05, 3.63) is 0 Å². The van der Waals surface area contributed by atoms with Crippen LogP contribution in [0.2, 0.25) is 0 Å². The van der Waals surface area contributed by atoms with E-state index in [1.807, 2.05) is 0 Å². The Balaban J connectivity index is -0.000000441. The van der Waals surface area contributed by atoms with Crippen molar-refractivity contribution in [1.82, 2.24) is 0 Å². The molecule has 0 heterocycles. The van der Waals surface area contributed by atoms with Gasteiger partial charge in [-0.25, -0.2) is 0 Å². The van der Waals surface area contributed by atoms with Crippen LogP contribution in [0.15, 0.2) is 0 Å². The number of carboxylic acid groups (broad SMARTS) is 3. The summed E-state index contributed by atoms with van der Waals surface area (Å²) in [6, 6.07) is 0. The molecular formula is C60H117FeO6-3. The summed E-state index contributed by atoms with van der Waals surface area (Å²) >= 11 is 0. The van der Waals surface area contributed by atoms with E-state index < -0.39 is 17.9 Å². The van der Waals surface area contributed by atoms with Gasteiger partial charge in [-0.15, -0.1) is 0 Å². The van der Waals surface area contributed by atoms with E-state index >= 15 is 0 Å². The van der Waals surface area contributed by atoms with Crippen molar-refractivity contribution in [2.45, 2.75) is 367 Å². The fraction of sp³-hybridized carbons (Fsp3) is 0.950. The Bertz CT molecular complexity index is 799. The monoisotopic (exact) mass is 990 g/mol. The summed E-state index contributed by atoms with van der Waals surface area (Å²) in [5.74, 6) is -2.71. The fourth-order valence-corrected chi connectivity index (χ4v) is 8.98. The van der Waals surface area contributed by atoms with E-state index in [0.717, 1.165) is 38.5 Å². The van der Waals surface area contributed by atoms with Gasteiger partial charge in [-0.1, -0.05) is 329 Å². The molecule has 0 saturated heterocycles. The maximum absolute atomic E-state index is 10.2. The zero-order chi connectivity index (χ0) is 48.9. The Morgan fingerprint density at radius 3 is 0.373 bits per heavy atom. The van der Waals surface area contributed by atoms with Crippen LogP contribution >= 0.6 is 0 Å². The standard InChI is InChI=1S/3C20H40O2.Fe/c3*1-2-3-4-5-6-7-8-9-10-11-12-13-14-15-16-17-18-19-20(21)22;/h3*2-19H2,1H3,(H,21,22);/p-3. The van der Waals surface area contributed by atoms with Gasteiger partial charge in [-0.3, -0.25) is 0 Å². The number of carbonyl (C=O) groups is 3. The fourth-order valence-electron chi connectivity index (χ4n) is 8.98. The average molecular weight is 990 g/mol. The molecule has 0 aliphatic carbocycles. The van der Waals surface area contributed by atoms with E-state index in [2.05, 4.69) is 20.8 Å². The second-order valence-electron chi connectivity index (χ2n) is 20.3. The van der Waals surface area contributed by atoms with Gasteiger partial charge in [0, 0.05) is 35.0 Å². The first-order chi connectivity index (χ1) is 32.3. The molecule has 0 aliphatic rings. The summed E-state index contributed by atoms with van der Waals surface area (Å²) in [5.41, 5.74) is 0. The maximum atomic E-state index is 10.2. The predicted octanol–water partition coefficient (Wildman–Crippen LogP) is 17.3. The van der Waals surface area contributed by atoms with E-state index in [4.69, 9.17) is 0 Å². The molecule has 0 unspecified atom stereocenters. The van der Waals surface area contributed by atoms with E-state index in [9.17, 15) is 29.7 Å². The summed E-state index contributed by atoms with van der Waals surface area (Å²) in [6.07, 6.45) is 68.4. The Labute approximate surface area is 430 Å². The third-order valence-electron chi connectivity index (χ3n) is 13.5. The summed E-state index contributed by atoms with van der Waals surface area (Å²) in [4.78, 5) is 30.7. The van der Waals surface area contributed by atoms with Crippen LogP contribution < -0.4 is 15.3 Å². The molecule has 0 fully saturated rings. The first kappa shape index (κ1) is 72.5. The van der Waals surface area contributed by atoms with Crippen molar-refractivity contribution in [1.29, 1.82) is 0 Å². The predicted molar refractivity (Wildman–Crippen MR) is 281 cm³/mol. The summed E-state index contributed by atoms with van der Waals surface area (Å²) in [7, 11) is 0. The molecule has 0 radical (unpaired) electrons. The Hall–Kier alpha value is -1.07. The molecule has 0 rings (SSSR count). The molecule has 0 bridgehead atoms. The van der Waals surface area contributed by atoms with Gasteiger partial charge in [0.1, 0.15) is 0 Å².